The third-order valence-electron chi connectivity index (χ3n) is 3.98. The molecule has 0 aromatic carbocycles. The van der Waals surface area contributed by atoms with E-state index in [2.05, 4.69) is 19.9 Å². The highest BCUT2D eigenvalue weighted by Gasteiger charge is 2.24. The molecular formula is C16H17ClN4O. The number of ketones is 1. The monoisotopic (exact) mass is 316 g/mol. The Hall–Kier alpha value is -2.01. The molecule has 0 aliphatic carbocycles. The Kier molecular flexibility index (Phi) is 4.63. The van der Waals surface area contributed by atoms with Crippen LogP contribution in [0.1, 0.15) is 12.8 Å². The molecule has 1 saturated heterocycles. The second kappa shape index (κ2) is 6.83. The number of rotatable bonds is 4. The van der Waals surface area contributed by atoms with Crippen LogP contribution in [0.15, 0.2) is 36.8 Å². The minimum atomic E-state index is 0.103. The molecule has 2 aromatic heterocycles. The van der Waals surface area contributed by atoms with E-state index in [1.807, 2.05) is 12.1 Å². The van der Waals surface area contributed by atoms with Crippen molar-refractivity contribution in [3.63, 3.8) is 0 Å². The Balaban J connectivity index is 1.66. The van der Waals surface area contributed by atoms with Gasteiger partial charge in [0, 0.05) is 43.2 Å². The van der Waals surface area contributed by atoms with Gasteiger partial charge in [0.2, 0.25) is 0 Å². The lowest BCUT2D eigenvalue weighted by molar-refractivity contribution is -0.120. The van der Waals surface area contributed by atoms with Crippen LogP contribution >= 0.6 is 11.6 Å². The van der Waals surface area contributed by atoms with E-state index in [1.165, 1.54) is 0 Å². The molecule has 3 heterocycles. The van der Waals surface area contributed by atoms with Gasteiger partial charge in [-0.3, -0.25) is 4.79 Å². The van der Waals surface area contributed by atoms with Crippen LogP contribution in [-0.4, -0.2) is 39.7 Å². The summed E-state index contributed by atoms with van der Waals surface area (Å²) in [6.07, 6.45) is 6.91. The number of hydrogen-bond acceptors (Lipinski definition) is 5. The van der Waals surface area contributed by atoms with Gasteiger partial charge < -0.3 is 4.90 Å². The summed E-state index contributed by atoms with van der Waals surface area (Å²) in [6, 6.07) is 5.75. The van der Waals surface area contributed by atoms with E-state index < -0.39 is 0 Å². The number of halogens is 1. The first-order valence-corrected chi connectivity index (χ1v) is 7.88. The fourth-order valence-corrected chi connectivity index (χ4v) is 2.91. The van der Waals surface area contributed by atoms with E-state index in [0.717, 1.165) is 37.3 Å². The van der Waals surface area contributed by atoms with Gasteiger partial charge in [0.15, 0.2) is 11.6 Å². The average molecular weight is 317 g/mol. The molecule has 0 radical (unpaired) electrons. The number of pyridine rings is 1. The number of Topliss-reactive ketones (excluding diaryl/α,β-unsaturated/α-hetero) is 1. The highest BCUT2D eigenvalue weighted by atomic mass is 35.5. The van der Waals surface area contributed by atoms with Crippen molar-refractivity contribution in [2.24, 2.45) is 5.92 Å². The van der Waals surface area contributed by atoms with Crippen molar-refractivity contribution in [1.29, 1.82) is 0 Å². The van der Waals surface area contributed by atoms with Crippen molar-refractivity contribution in [2.75, 3.05) is 23.9 Å². The maximum Gasteiger partial charge on any atom is 0.160 e. The van der Waals surface area contributed by atoms with E-state index in [9.17, 15) is 4.79 Å². The summed E-state index contributed by atoms with van der Waals surface area (Å²) in [5.74, 6) is 1.98. The smallest absolute Gasteiger partial charge is 0.160 e. The highest BCUT2D eigenvalue weighted by Crippen LogP contribution is 2.24. The summed E-state index contributed by atoms with van der Waals surface area (Å²) in [7, 11) is 0. The first kappa shape index (κ1) is 14.9. The van der Waals surface area contributed by atoms with Gasteiger partial charge in [0.25, 0.3) is 0 Å². The van der Waals surface area contributed by atoms with Gasteiger partial charge in [-0.25, -0.2) is 15.0 Å². The molecule has 0 saturated carbocycles. The number of aromatic nitrogens is 3. The number of nitrogens with zero attached hydrogens (tertiary/aromatic N) is 4. The standard InChI is InChI=1S/C16H17ClN4O/c17-10-14(22)12-4-8-21(9-5-12)15-3-2-13(11-20-15)16-18-6-1-7-19-16/h1-3,6-7,11-12H,4-5,8-10H2. The summed E-state index contributed by atoms with van der Waals surface area (Å²) in [5.41, 5.74) is 0.900. The number of piperidine rings is 1. The lowest BCUT2D eigenvalue weighted by Crippen LogP contribution is -2.37. The molecule has 5 nitrogen and oxygen atoms in total. The van der Waals surface area contributed by atoms with Crippen LogP contribution in [0.2, 0.25) is 0 Å². The maximum absolute atomic E-state index is 11.6. The van der Waals surface area contributed by atoms with Gasteiger partial charge in [0.05, 0.1) is 5.88 Å². The molecule has 114 valence electrons. The van der Waals surface area contributed by atoms with Crippen LogP contribution in [0.3, 0.4) is 0 Å². The zero-order valence-electron chi connectivity index (χ0n) is 12.2. The van der Waals surface area contributed by atoms with Crippen LogP contribution in [0.5, 0.6) is 0 Å². The van der Waals surface area contributed by atoms with Crippen LogP contribution in [-0.2, 0) is 4.79 Å². The SMILES string of the molecule is O=C(CCl)C1CCN(c2ccc(-c3ncccn3)cn2)CC1. The van der Waals surface area contributed by atoms with Crippen molar-refractivity contribution in [1.82, 2.24) is 15.0 Å². The quantitative estimate of drug-likeness (QED) is 0.811. The van der Waals surface area contributed by atoms with Crippen molar-refractivity contribution in [2.45, 2.75) is 12.8 Å². The molecule has 22 heavy (non-hydrogen) atoms. The first-order valence-electron chi connectivity index (χ1n) is 7.35. The van der Waals surface area contributed by atoms with E-state index in [1.54, 1.807) is 24.7 Å². The van der Waals surface area contributed by atoms with Gasteiger partial charge in [0.1, 0.15) is 5.82 Å². The summed E-state index contributed by atoms with van der Waals surface area (Å²) < 4.78 is 0. The summed E-state index contributed by atoms with van der Waals surface area (Å²) >= 11 is 5.63. The normalized spacial score (nSPS) is 15.8. The predicted octanol–water partition coefficient (Wildman–Crippen LogP) is 2.56. The number of carbonyl (C=O) groups excluding carboxylic acids is 1. The zero-order chi connectivity index (χ0) is 15.4. The topological polar surface area (TPSA) is 59.0 Å². The largest absolute Gasteiger partial charge is 0.357 e. The summed E-state index contributed by atoms with van der Waals surface area (Å²) in [4.78, 5) is 26.8. The fourth-order valence-electron chi connectivity index (χ4n) is 2.69. The molecule has 1 aliphatic heterocycles. The van der Waals surface area contributed by atoms with E-state index in [0.29, 0.717) is 5.82 Å². The van der Waals surface area contributed by atoms with Crippen molar-refractivity contribution in [3.8, 4) is 11.4 Å². The highest BCUT2D eigenvalue weighted by molar-refractivity contribution is 6.27. The van der Waals surface area contributed by atoms with Crippen LogP contribution in [0.25, 0.3) is 11.4 Å². The van der Waals surface area contributed by atoms with Gasteiger partial charge in [-0.15, -0.1) is 11.6 Å². The third-order valence-corrected chi connectivity index (χ3v) is 4.24. The fraction of sp³-hybridized carbons (Fsp3) is 0.375. The zero-order valence-corrected chi connectivity index (χ0v) is 12.9. The summed E-state index contributed by atoms with van der Waals surface area (Å²) in [5, 5.41) is 0. The molecule has 0 unspecified atom stereocenters. The Morgan fingerprint density at radius 2 is 1.91 bits per heavy atom. The Bertz CT molecular complexity index is 624. The molecule has 2 aromatic rings. The van der Waals surface area contributed by atoms with Gasteiger partial charge in [-0.2, -0.15) is 0 Å². The molecule has 0 amide bonds. The minimum Gasteiger partial charge on any atom is -0.357 e. The van der Waals surface area contributed by atoms with Crippen molar-refractivity contribution in [3.05, 3.63) is 36.8 Å². The molecule has 0 N–H and O–H groups in total. The predicted molar refractivity (Wildman–Crippen MR) is 85.9 cm³/mol. The summed E-state index contributed by atoms with van der Waals surface area (Å²) in [6.45, 7) is 1.67. The van der Waals surface area contributed by atoms with Crippen LogP contribution < -0.4 is 4.90 Å². The number of carbonyl (C=O) groups is 1. The molecule has 6 heteroatoms. The van der Waals surface area contributed by atoms with Crippen LogP contribution in [0, 0.1) is 5.92 Å². The van der Waals surface area contributed by atoms with Gasteiger partial charge >= 0.3 is 0 Å². The average Bonchev–Trinajstić information content (AvgIpc) is 2.62. The minimum absolute atomic E-state index is 0.103. The Labute approximate surface area is 134 Å². The van der Waals surface area contributed by atoms with Gasteiger partial charge in [-0.1, -0.05) is 0 Å². The molecule has 0 atom stereocenters. The van der Waals surface area contributed by atoms with Crippen molar-refractivity contribution >= 4 is 23.2 Å². The number of hydrogen-bond donors (Lipinski definition) is 0. The molecular weight excluding hydrogens is 300 g/mol. The molecule has 1 fully saturated rings. The lowest BCUT2D eigenvalue weighted by Gasteiger charge is -2.31. The van der Waals surface area contributed by atoms with Crippen LogP contribution in [0.4, 0.5) is 5.82 Å². The maximum atomic E-state index is 11.6. The second-order valence-corrected chi connectivity index (χ2v) is 5.61. The first-order chi connectivity index (χ1) is 10.8. The Morgan fingerprint density at radius 1 is 1.18 bits per heavy atom. The van der Waals surface area contributed by atoms with E-state index in [4.69, 9.17) is 11.6 Å². The molecule has 1 aliphatic rings. The Morgan fingerprint density at radius 3 is 2.50 bits per heavy atom. The number of anilines is 1. The lowest BCUT2D eigenvalue weighted by atomic mass is 9.93. The number of alkyl halides is 1. The van der Waals surface area contributed by atoms with E-state index in [-0.39, 0.29) is 17.6 Å². The van der Waals surface area contributed by atoms with E-state index >= 15 is 0 Å². The van der Waals surface area contributed by atoms with Gasteiger partial charge in [-0.05, 0) is 31.0 Å². The third kappa shape index (κ3) is 3.25. The second-order valence-electron chi connectivity index (χ2n) is 5.34. The molecule has 0 spiro atoms. The molecule has 0 bridgehead atoms. The van der Waals surface area contributed by atoms with Crippen molar-refractivity contribution < 1.29 is 4.79 Å². The molecule has 3 rings (SSSR count).